The van der Waals surface area contributed by atoms with Crippen molar-refractivity contribution in [1.29, 1.82) is 0 Å². The van der Waals surface area contributed by atoms with Crippen molar-refractivity contribution in [3.63, 3.8) is 0 Å². The lowest BCUT2D eigenvalue weighted by molar-refractivity contribution is -0.274. The van der Waals surface area contributed by atoms with E-state index < -0.39 is 12.0 Å². The Morgan fingerprint density at radius 3 is 2.24 bits per heavy atom. The minimum Gasteiger partial charge on any atom is -0.405 e. The quantitative estimate of drug-likeness (QED) is 0.506. The molecule has 2 N–H and O–H groups in total. The zero-order valence-corrected chi connectivity index (χ0v) is 20.7. The first-order valence-corrected chi connectivity index (χ1v) is 11.4. The van der Waals surface area contributed by atoms with Crippen LogP contribution in [0.3, 0.4) is 0 Å². The van der Waals surface area contributed by atoms with Crippen LogP contribution in [0.15, 0.2) is 48.5 Å². The van der Waals surface area contributed by atoms with E-state index in [0.717, 1.165) is 45.4 Å². The minimum absolute atomic E-state index is 0. The number of piperazine rings is 1. The number of nitrogens with zero attached hydrogens (tertiary/aromatic N) is 1. The van der Waals surface area contributed by atoms with E-state index in [9.17, 15) is 18.3 Å². The first kappa shape index (κ1) is 28.7. The molecule has 1 aliphatic carbocycles. The summed E-state index contributed by atoms with van der Waals surface area (Å²) in [4.78, 5) is 2.29. The molecule has 2 fully saturated rings. The first-order chi connectivity index (χ1) is 15.3. The summed E-state index contributed by atoms with van der Waals surface area (Å²) >= 11 is 0. The normalized spacial score (nSPS) is 19.4. The Hall–Kier alpha value is -1.51. The molecule has 190 valence electrons. The van der Waals surface area contributed by atoms with Gasteiger partial charge in [-0.15, -0.1) is 38.0 Å². The maximum absolute atomic E-state index is 13.3. The predicted octanol–water partition coefficient (Wildman–Crippen LogP) is 5.78. The van der Waals surface area contributed by atoms with Crippen LogP contribution in [0.25, 0.3) is 11.1 Å². The van der Waals surface area contributed by atoms with E-state index in [0.29, 0.717) is 36.1 Å². The average Bonchev–Trinajstić information content (AvgIpc) is 2.78. The van der Waals surface area contributed by atoms with Crippen molar-refractivity contribution >= 4 is 24.8 Å². The molecule has 2 aliphatic rings. The number of alkyl halides is 3. The lowest BCUT2D eigenvalue weighted by atomic mass is 9.72. The molecule has 0 amide bonds. The molecule has 4 nitrogen and oxygen atoms in total. The van der Waals surface area contributed by atoms with Gasteiger partial charge in [0.2, 0.25) is 0 Å². The van der Waals surface area contributed by atoms with E-state index in [1.165, 1.54) is 6.07 Å². The Kier molecular flexibility index (Phi) is 10.5. The fourth-order valence-corrected chi connectivity index (χ4v) is 5.07. The average molecular weight is 521 g/mol. The fraction of sp³-hybridized carbons (Fsp3) is 0.520. The zero-order valence-electron chi connectivity index (χ0n) is 19.0. The molecule has 9 heteroatoms. The second-order valence-electron chi connectivity index (χ2n) is 8.94. The third-order valence-corrected chi connectivity index (χ3v) is 6.74. The van der Waals surface area contributed by atoms with E-state index >= 15 is 0 Å². The SMILES string of the molecule is Cl.Cl.OC1(C(CN2CCNCC2)c2ccc(-c3ccccc3)c(OC(F)(F)F)c2)CCCCC1. The van der Waals surface area contributed by atoms with Gasteiger partial charge in [-0.1, -0.05) is 61.7 Å². The zero-order chi connectivity index (χ0) is 22.6. The number of hydrogen-bond donors (Lipinski definition) is 2. The molecule has 2 aromatic rings. The summed E-state index contributed by atoms with van der Waals surface area (Å²) in [6.45, 7) is 4.09. The summed E-state index contributed by atoms with van der Waals surface area (Å²) in [7, 11) is 0. The van der Waals surface area contributed by atoms with E-state index in [1.807, 2.05) is 12.1 Å². The Morgan fingerprint density at radius 1 is 0.971 bits per heavy atom. The molecular formula is C25H33Cl2F3N2O2. The molecule has 1 unspecified atom stereocenters. The van der Waals surface area contributed by atoms with Gasteiger partial charge in [-0.3, -0.25) is 0 Å². The van der Waals surface area contributed by atoms with Gasteiger partial charge in [0.15, 0.2) is 0 Å². The highest BCUT2D eigenvalue weighted by Gasteiger charge is 2.40. The lowest BCUT2D eigenvalue weighted by Gasteiger charge is -2.42. The van der Waals surface area contributed by atoms with Crippen LogP contribution < -0.4 is 10.1 Å². The molecule has 0 aromatic heterocycles. The summed E-state index contributed by atoms with van der Waals surface area (Å²) < 4.78 is 44.3. The number of halogens is 5. The molecular weight excluding hydrogens is 488 g/mol. The van der Waals surface area contributed by atoms with Crippen molar-refractivity contribution in [2.24, 2.45) is 0 Å². The number of aliphatic hydroxyl groups is 1. The first-order valence-electron chi connectivity index (χ1n) is 11.4. The molecule has 1 saturated heterocycles. The molecule has 4 rings (SSSR count). The van der Waals surface area contributed by atoms with Crippen LogP contribution in [0, 0.1) is 0 Å². The van der Waals surface area contributed by atoms with Crippen LogP contribution in [0.1, 0.15) is 43.6 Å². The van der Waals surface area contributed by atoms with Crippen LogP contribution in [0.4, 0.5) is 13.2 Å². The molecule has 0 radical (unpaired) electrons. The second-order valence-corrected chi connectivity index (χ2v) is 8.94. The van der Waals surface area contributed by atoms with Gasteiger partial charge >= 0.3 is 6.36 Å². The number of nitrogens with one attached hydrogen (secondary N) is 1. The number of benzene rings is 2. The predicted molar refractivity (Wildman–Crippen MR) is 133 cm³/mol. The molecule has 0 bridgehead atoms. The van der Waals surface area contributed by atoms with E-state index in [4.69, 9.17) is 0 Å². The van der Waals surface area contributed by atoms with Crippen molar-refractivity contribution < 1.29 is 23.0 Å². The summed E-state index contributed by atoms with van der Waals surface area (Å²) in [6, 6.07) is 14.0. The summed E-state index contributed by atoms with van der Waals surface area (Å²) in [5, 5.41) is 14.9. The van der Waals surface area contributed by atoms with Crippen LogP contribution >= 0.6 is 24.8 Å². The number of hydrogen-bond acceptors (Lipinski definition) is 4. The second kappa shape index (κ2) is 12.5. The smallest absolute Gasteiger partial charge is 0.405 e. The molecule has 1 atom stereocenters. The third kappa shape index (κ3) is 7.25. The maximum atomic E-state index is 13.3. The summed E-state index contributed by atoms with van der Waals surface area (Å²) in [5.41, 5.74) is 0.829. The van der Waals surface area contributed by atoms with Gasteiger partial charge in [-0.2, -0.15) is 0 Å². The van der Waals surface area contributed by atoms with Gasteiger partial charge in [0.25, 0.3) is 0 Å². The summed E-state index contributed by atoms with van der Waals surface area (Å²) in [5.74, 6) is -0.493. The monoisotopic (exact) mass is 520 g/mol. The van der Waals surface area contributed by atoms with Gasteiger partial charge in [0.05, 0.1) is 5.60 Å². The third-order valence-electron chi connectivity index (χ3n) is 6.74. The van der Waals surface area contributed by atoms with Crippen LogP contribution in [0.2, 0.25) is 0 Å². The van der Waals surface area contributed by atoms with Gasteiger partial charge in [0, 0.05) is 44.2 Å². The number of ether oxygens (including phenoxy) is 1. The Labute approximate surface area is 211 Å². The van der Waals surface area contributed by atoms with E-state index in [-0.39, 0.29) is 36.5 Å². The van der Waals surface area contributed by atoms with Gasteiger partial charge in [-0.25, -0.2) is 0 Å². The van der Waals surface area contributed by atoms with Gasteiger partial charge < -0.3 is 20.1 Å². The highest BCUT2D eigenvalue weighted by molar-refractivity contribution is 5.85. The van der Waals surface area contributed by atoms with E-state index in [2.05, 4.69) is 15.0 Å². The summed E-state index contributed by atoms with van der Waals surface area (Å²) in [6.07, 6.45) is -0.513. The van der Waals surface area contributed by atoms with E-state index in [1.54, 1.807) is 30.3 Å². The van der Waals surface area contributed by atoms with Crippen molar-refractivity contribution in [1.82, 2.24) is 10.2 Å². The van der Waals surface area contributed by atoms with Gasteiger partial charge in [-0.05, 0) is 30.0 Å². The highest BCUT2D eigenvalue weighted by Crippen LogP contribution is 2.43. The lowest BCUT2D eigenvalue weighted by Crippen LogP contribution is -2.49. The van der Waals surface area contributed by atoms with Crippen molar-refractivity contribution in [2.45, 2.75) is 50.0 Å². The molecule has 1 aliphatic heterocycles. The topological polar surface area (TPSA) is 44.7 Å². The largest absolute Gasteiger partial charge is 0.573 e. The Balaban J connectivity index is 0.00000204. The molecule has 0 spiro atoms. The molecule has 2 aromatic carbocycles. The number of rotatable bonds is 6. The van der Waals surface area contributed by atoms with Crippen molar-refractivity contribution in [3.05, 3.63) is 54.1 Å². The van der Waals surface area contributed by atoms with Gasteiger partial charge in [0.1, 0.15) is 5.75 Å². The Bertz CT molecular complexity index is 887. The highest BCUT2D eigenvalue weighted by atomic mass is 35.5. The van der Waals surface area contributed by atoms with Crippen LogP contribution in [-0.2, 0) is 0 Å². The van der Waals surface area contributed by atoms with Crippen molar-refractivity contribution in [3.8, 4) is 16.9 Å². The van der Waals surface area contributed by atoms with Crippen LogP contribution in [0.5, 0.6) is 5.75 Å². The minimum atomic E-state index is -4.79. The maximum Gasteiger partial charge on any atom is 0.573 e. The Morgan fingerprint density at radius 2 is 1.62 bits per heavy atom. The molecule has 1 heterocycles. The standard InChI is InChI=1S/C25H31F3N2O2.2ClH/c26-25(27,28)32-23-17-20(9-10-21(23)19-7-3-1-4-8-19)22(18-30-15-13-29-14-16-30)24(31)11-5-2-6-12-24;;/h1,3-4,7-10,17,22,29,31H,2,5-6,11-16,18H2;2*1H. The fourth-order valence-electron chi connectivity index (χ4n) is 5.07. The van der Waals surface area contributed by atoms with Crippen LogP contribution in [-0.4, -0.2) is 54.7 Å². The molecule has 34 heavy (non-hydrogen) atoms. The molecule has 1 saturated carbocycles. The van der Waals surface area contributed by atoms with Crippen molar-refractivity contribution in [2.75, 3.05) is 32.7 Å².